The zero-order valence-electron chi connectivity index (χ0n) is 16.5. The lowest BCUT2D eigenvalue weighted by Gasteiger charge is -2.24. The molecule has 1 rings (SSSR count). The molecule has 0 aromatic rings. The van der Waals surface area contributed by atoms with Crippen molar-refractivity contribution >= 4 is 24.1 Å². The van der Waals surface area contributed by atoms with Crippen LogP contribution in [0.25, 0.3) is 0 Å². The van der Waals surface area contributed by atoms with Gasteiger partial charge in [0.25, 0.3) is 0 Å². The summed E-state index contributed by atoms with van der Waals surface area (Å²) in [5.41, 5.74) is 0. The molecule has 0 heterocycles. The first-order chi connectivity index (χ1) is 13.4. The molecular weight excluding hydrogens is 372 g/mol. The third-order valence-electron chi connectivity index (χ3n) is 4.02. The first kappa shape index (κ1) is 23.5. The van der Waals surface area contributed by atoms with Gasteiger partial charge in [-0.15, -0.1) is 0 Å². The minimum absolute atomic E-state index is 0.226. The summed E-state index contributed by atoms with van der Waals surface area (Å²) < 4.78 is 20.1. The van der Waals surface area contributed by atoms with E-state index in [0.29, 0.717) is 38.5 Å². The molecule has 1 fully saturated rings. The predicted octanol–water partition coefficient (Wildman–Crippen LogP) is 1.66. The van der Waals surface area contributed by atoms with Crippen LogP contribution in [0.3, 0.4) is 0 Å². The van der Waals surface area contributed by atoms with Gasteiger partial charge in [-0.05, 0) is 52.4 Å². The van der Waals surface area contributed by atoms with E-state index in [9.17, 15) is 19.2 Å². The smallest absolute Gasteiger partial charge is 0.407 e. The Morgan fingerprint density at radius 1 is 0.714 bits per heavy atom. The molecule has 0 radical (unpaired) electrons. The number of carbonyl (C=O) groups is 4. The molecule has 1 aliphatic carbocycles. The van der Waals surface area contributed by atoms with Gasteiger partial charge >= 0.3 is 24.1 Å². The van der Waals surface area contributed by atoms with E-state index in [-0.39, 0.29) is 38.5 Å². The number of amides is 2. The molecule has 10 nitrogen and oxygen atoms in total. The van der Waals surface area contributed by atoms with E-state index in [0.717, 1.165) is 0 Å². The van der Waals surface area contributed by atoms with Crippen LogP contribution in [0.1, 0.15) is 52.4 Å². The summed E-state index contributed by atoms with van der Waals surface area (Å²) >= 11 is 0. The summed E-state index contributed by atoms with van der Waals surface area (Å²) in [7, 11) is 0. The molecule has 1 saturated carbocycles. The fourth-order valence-electron chi connectivity index (χ4n) is 2.77. The Morgan fingerprint density at radius 2 is 1.07 bits per heavy atom. The largest absolute Gasteiger partial charge is 0.465 e. The summed E-state index contributed by atoms with van der Waals surface area (Å²) in [5, 5.41) is 4.73. The van der Waals surface area contributed by atoms with Crippen LogP contribution in [-0.4, -0.2) is 62.6 Å². The summed E-state index contributed by atoms with van der Waals surface area (Å²) in [5.74, 6) is -1.03. The van der Waals surface area contributed by atoms with Crippen LogP contribution in [0.4, 0.5) is 9.59 Å². The minimum Gasteiger partial charge on any atom is -0.465 e. The van der Waals surface area contributed by atoms with E-state index < -0.39 is 24.1 Å². The first-order valence-corrected chi connectivity index (χ1v) is 9.64. The quantitative estimate of drug-likeness (QED) is 0.463. The Labute approximate surface area is 164 Å². The summed E-state index contributed by atoms with van der Waals surface area (Å²) in [4.78, 5) is 45.9. The van der Waals surface area contributed by atoms with Gasteiger partial charge in [0.1, 0.15) is 25.3 Å². The van der Waals surface area contributed by atoms with E-state index in [1.807, 2.05) is 0 Å². The van der Waals surface area contributed by atoms with Crippen LogP contribution in [0, 0.1) is 0 Å². The fourth-order valence-corrected chi connectivity index (χ4v) is 2.77. The van der Waals surface area contributed by atoms with Crippen LogP contribution in [-0.2, 0) is 28.5 Å². The standard InChI is InChI=1S/C18H30N2O8/c1-3-25-15(21)11-19-17(23)27-13-7-5-9-14(10-6-8-13)28-18(24)20-12-16(22)26-4-2/h13-14H,3-12H2,1-2H3,(H,19,23)(H,20,24). The molecule has 0 saturated heterocycles. The van der Waals surface area contributed by atoms with Crippen molar-refractivity contribution in [2.45, 2.75) is 64.6 Å². The van der Waals surface area contributed by atoms with E-state index in [1.165, 1.54) is 0 Å². The number of ether oxygens (including phenoxy) is 4. The molecule has 0 bridgehead atoms. The van der Waals surface area contributed by atoms with Crippen molar-refractivity contribution in [3.63, 3.8) is 0 Å². The van der Waals surface area contributed by atoms with Crippen molar-refractivity contribution in [1.82, 2.24) is 10.6 Å². The lowest BCUT2D eigenvalue weighted by atomic mass is 9.96. The number of hydrogen-bond donors (Lipinski definition) is 2. The highest BCUT2D eigenvalue weighted by atomic mass is 16.6. The fraction of sp³-hybridized carbons (Fsp3) is 0.778. The molecular formula is C18H30N2O8. The normalized spacial score (nSPS) is 19.4. The van der Waals surface area contributed by atoms with Crippen LogP contribution in [0.15, 0.2) is 0 Å². The molecule has 0 atom stereocenters. The maximum Gasteiger partial charge on any atom is 0.407 e. The molecule has 0 aromatic carbocycles. The van der Waals surface area contributed by atoms with Gasteiger partial charge in [-0.2, -0.15) is 0 Å². The Hall–Kier alpha value is -2.52. The number of carbonyl (C=O) groups excluding carboxylic acids is 4. The summed E-state index contributed by atoms with van der Waals surface area (Å²) in [6.45, 7) is 3.43. The molecule has 160 valence electrons. The van der Waals surface area contributed by atoms with Gasteiger partial charge in [-0.25, -0.2) is 9.59 Å². The SMILES string of the molecule is CCOC(=O)CNC(=O)OC1CCCC(OC(=O)NCC(=O)OCC)CCC1. The Kier molecular flexibility index (Phi) is 11.4. The van der Waals surface area contributed by atoms with Crippen molar-refractivity contribution in [3.05, 3.63) is 0 Å². The molecule has 0 aliphatic heterocycles. The zero-order chi connectivity index (χ0) is 20.8. The molecule has 28 heavy (non-hydrogen) atoms. The summed E-state index contributed by atoms with van der Waals surface area (Å²) in [6.07, 6.45) is 2.18. The Bertz CT molecular complexity index is 472. The van der Waals surface area contributed by atoms with Crippen LogP contribution < -0.4 is 10.6 Å². The minimum atomic E-state index is -0.648. The van der Waals surface area contributed by atoms with E-state index in [4.69, 9.17) is 18.9 Å². The maximum absolute atomic E-state index is 11.7. The van der Waals surface area contributed by atoms with Crippen molar-refractivity contribution in [3.8, 4) is 0 Å². The first-order valence-electron chi connectivity index (χ1n) is 9.64. The molecule has 1 aliphatic rings. The highest BCUT2D eigenvalue weighted by Gasteiger charge is 2.22. The second-order valence-electron chi connectivity index (χ2n) is 6.23. The monoisotopic (exact) mass is 402 g/mol. The Balaban J connectivity index is 2.24. The number of rotatable bonds is 8. The second kappa shape index (κ2) is 13.6. The van der Waals surface area contributed by atoms with Gasteiger partial charge < -0.3 is 29.6 Å². The molecule has 0 spiro atoms. The molecule has 0 aromatic heterocycles. The average molecular weight is 402 g/mol. The third-order valence-corrected chi connectivity index (χ3v) is 4.02. The van der Waals surface area contributed by atoms with Crippen molar-refractivity contribution < 1.29 is 38.1 Å². The highest BCUT2D eigenvalue weighted by Crippen LogP contribution is 2.22. The van der Waals surface area contributed by atoms with Gasteiger partial charge in [-0.1, -0.05) is 0 Å². The lowest BCUT2D eigenvalue weighted by molar-refractivity contribution is -0.142. The zero-order valence-corrected chi connectivity index (χ0v) is 16.5. The average Bonchev–Trinajstić information content (AvgIpc) is 2.63. The van der Waals surface area contributed by atoms with E-state index >= 15 is 0 Å². The van der Waals surface area contributed by atoms with Gasteiger partial charge in [0.2, 0.25) is 0 Å². The van der Waals surface area contributed by atoms with Gasteiger partial charge in [0, 0.05) is 0 Å². The van der Waals surface area contributed by atoms with Crippen LogP contribution >= 0.6 is 0 Å². The molecule has 0 unspecified atom stereocenters. The van der Waals surface area contributed by atoms with Gasteiger partial charge in [0.15, 0.2) is 0 Å². The van der Waals surface area contributed by atoms with Crippen LogP contribution in [0.2, 0.25) is 0 Å². The number of esters is 2. The third kappa shape index (κ3) is 10.6. The van der Waals surface area contributed by atoms with Crippen LogP contribution in [0.5, 0.6) is 0 Å². The lowest BCUT2D eigenvalue weighted by Crippen LogP contribution is -2.35. The predicted molar refractivity (Wildman–Crippen MR) is 97.5 cm³/mol. The molecule has 2 N–H and O–H groups in total. The number of alkyl carbamates (subject to hydrolysis) is 2. The summed E-state index contributed by atoms with van der Waals surface area (Å²) in [6, 6.07) is 0. The van der Waals surface area contributed by atoms with Crippen molar-refractivity contribution in [1.29, 1.82) is 0 Å². The van der Waals surface area contributed by atoms with E-state index in [1.54, 1.807) is 13.8 Å². The molecule has 10 heteroatoms. The second-order valence-corrected chi connectivity index (χ2v) is 6.23. The molecule has 2 amide bonds. The number of nitrogens with one attached hydrogen (secondary N) is 2. The number of hydrogen-bond acceptors (Lipinski definition) is 8. The van der Waals surface area contributed by atoms with Crippen molar-refractivity contribution in [2.24, 2.45) is 0 Å². The maximum atomic E-state index is 11.7. The highest BCUT2D eigenvalue weighted by molar-refractivity contribution is 5.78. The topological polar surface area (TPSA) is 129 Å². The Morgan fingerprint density at radius 3 is 1.39 bits per heavy atom. The van der Waals surface area contributed by atoms with E-state index in [2.05, 4.69) is 10.6 Å². The van der Waals surface area contributed by atoms with Gasteiger partial charge in [-0.3, -0.25) is 9.59 Å². The van der Waals surface area contributed by atoms with Gasteiger partial charge in [0.05, 0.1) is 13.2 Å². The van der Waals surface area contributed by atoms with Crippen molar-refractivity contribution in [2.75, 3.05) is 26.3 Å².